The van der Waals surface area contributed by atoms with E-state index < -0.39 is 11.0 Å². The number of nitro groups is 1. The molecule has 0 aliphatic carbocycles. The molecule has 0 bridgehead atoms. The fourth-order valence-electron chi connectivity index (χ4n) is 4.08. The molecule has 174 valence electrons. The molecule has 1 aliphatic rings. The number of carbonyl (C=O) groups excluding carboxylic acids is 1. The molecule has 0 spiro atoms. The lowest BCUT2D eigenvalue weighted by Crippen LogP contribution is -2.31. The van der Waals surface area contributed by atoms with Crippen molar-refractivity contribution >= 4 is 23.2 Å². The molecule has 0 saturated heterocycles. The quantitative estimate of drug-likeness (QED) is 0.313. The minimum absolute atomic E-state index is 0.0298. The van der Waals surface area contributed by atoms with Crippen molar-refractivity contribution in [1.82, 2.24) is 14.8 Å². The predicted molar refractivity (Wildman–Crippen MR) is 133 cm³/mol. The molecule has 0 fully saturated rings. The van der Waals surface area contributed by atoms with Crippen LogP contribution in [0.1, 0.15) is 24.1 Å². The molecule has 1 amide bonds. The second-order valence-electron chi connectivity index (χ2n) is 8.30. The van der Waals surface area contributed by atoms with Crippen molar-refractivity contribution in [2.24, 2.45) is 0 Å². The molecule has 2 heterocycles. The maximum absolute atomic E-state index is 13.5. The molecule has 1 aromatic heterocycles. The van der Waals surface area contributed by atoms with E-state index in [2.05, 4.69) is 15.6 Å². The van der Waals surface area contributed by atoms with Crippen LogP contribution in [0.15, 0.2) is 90.1 Å². The van der Waals surface area contributed by atoms with Crippen LogP contribution in [0.2, 0.25) is 0 Å². The van der Waals surface area contributed by atoms with Gasteiger partial charge in [-0.05, 0) is 43.7 Å². The predicted octanol–water partition coefficient (Wildman–Crippen LogP) is 5.09. The van der Waals surface area contributed by atoms with Crippen LogP contribution >= 0.6 is 0 Å². The van der Waals surface area contributed by atoms with E-state index in [0.717, 1.165) is 11.1 Å². The summed E-state index contributed by atoms with van der Waals surface area (Å²) in [4.78, 5) is 28.9. The third-order valence-corrected chi connectivity index (χ3v) is 5.86. The zero-order valence-electron chi connectivity index (χ0n) is 19.1. The molecule has 0 saturated carbocycles. The van der Waals surface area contributed by atoms with Gasteiger partial charge in [-0.2, -0.15) is 4.98 Å². The van der Waals surface area contributed by atoms with Crippen LogP contribution in [0.4, 0.5) is 17.3 Å². The van der Waals surface area contributed by atoms with Crippen LogP contribution in [0, 0.1) is 17.0 Å². The number of rotatable bonds is 5. The molecule has 3 aromatic carbocycles. The van der Waals surface area contributed by atoms with E-state index in [1.165, 1.54) is 12.1 Å². The first-order valence-corrected chi connectivity index (χ1v) is 11.0. The van der Waals surface area contributed by atoms with Gasteiger partial charge in [-0.1, -0.05) is 48.0 Å². The van der Waals surface area contributed by atoms with Gasteiger partial charge in [0.25, 0.3) is 11.6 Å². The van der Waals surface area contributed by atoms with E-state index in [-0.39, 0.29) is 11.6 Å². The van der Waals surface area contributed by atoms with Crippen molar-refractivity contribution in [2.75, 3.05) is 10.6 Å². The lowest BCUT2D eigenvalue weighted by atomic mass is 9.95. The second-order valence-corrected chi connectivity index (χ2v) is 8.30. The van der Waals surface area contributed by atoms with Gasteiger partial charge in [-0.25, -0.2) is 4.68 Å². The van der Waals surface area contributed by atoms with Crippen LogP contribution in [0.3, 0.4) is 0 Å². The molecule has 1 atom stereocenters. The summed E-state index contributed by atoms with van der Waals surface area (Å²) in [5, 5.41) is 22.1. The number of nitrogens with one attached hydrogen (secondary N) is 2. The van der Waals surface area contributed by atoms with Crippen LogP contribution < -0.4 is 10.6 Å². The highest BCUT2D eigenvalue weighted by Crippen LogP contribution is 2.37. The summed E-state index contributed by atoms with van der Waals surface area (Å²) in [6.07, 6.45) is 0. The van der Waals surface area contributed by atoms with Crippen molar-refractivity contribution in [3.63, 3.8) is 0 Å². The van der Waals surface area contributed by atoms with E-state index in [1.807, 2.05) is 56.3 Å². The van der Waals surface area contributed by atoms with Gasteiger partial charge >= 0.3 is 0 Å². The highest BCUT2D eigenvalue weighted by Gasteiger charge is 2.34. The summed E-state index contributed by atoms with van der Waals surface area (Å²) in [7, 11) is 0. The van der Waals surface area contributed by atoms with Gasteiger partial charge in [0, 0.05) is 29.1 Å². The standard InChI is InChI=1S/C26H22N6O3/c1-16-8-10-19(11-9-16)24-29-26-27-17(2)22(25(33)28-20-6-4-3-5-7-20)23(31(26)30-24)18-12-14-21(15-13-18)32(34)35/h3-15,23H,1-2H3,(H,28,33)(H,27,29,30). The van der Waals surface area contributed by atoms with E-state index in [9.17, 15) is 14.9 Å². The van der Waals surface area contributed by atoms with Crippen molar-refractivity contribution in [2.45, 2.75) is 19.9 Å². The maximum Gasteiger partial charge on any atom is 0.269 e. The summed E-state index contributed by atoms with van der Waals surface area (Å²) in [5.74, 6) is 0.692. The number of nitro benzene ring substituents is 1. The lowest BCUT2D eigenvalue weighted by Gasteiger charge is -2.28. The minimum Gasteiger partial charge on any atom is -0.328 e. The van der Waals surface area contributed by atoms with E-state index in [0.29, 0.717) is 34.3 Å². The number of nitrogens with zero attached hydrogens (tertiary/aromatic N) is 4. The van der Waals surface area contributed by atoms with Gasteiger partial charge in [-0.15, -0.1) is 5.10 Å². The first-order valence-electron chi connectivity index (χ1n) is 11.0. The first kappa shape index (κ1) is 22.0. The molecule has 1 aliphatic heterocycles. The Balaban J connectivity index is 1.60. The molecule has 35 heavy (non-hydrogen) atoms. The molecule has 0 radical (unpaired) electrons. The van der Waals surface area contributed by atoms with Gasteiger partial charge < -0.3 is 10.6 Å². The fourth-order valence-corrected chi connectivity index (χ4v) is 4.08. The molecule has 4 aromatic rings. The number of allylic oxidation sites excluding steroid dienone is 1. The normalized spacial score (nSPS) is 14.7. The third-order valence-electron chi connectivity index (χ3n) is 5.86. The third kappa shape index (κ3) is 4.26. The number of benzene rings is 3. The zero-order chi connectivity index (χ0) is 24.5. The van der Waals surface area contributed by atoms with Crippen molar-refractivity contribution < 1.29 is 9.72 Å². The molecule has 9 nitrogen and oxygen atoms in total. The molecular formula is C26H22N6O3. The number of amides is 1. The second kappa shape index (κ2) is 8.86. The number of hydrogen-bond donors (Lipinski definition) is 2. The summed E-state index contributed by atoms with van der Waals surface area (Å²) in [6, 6.07) is 22.5. The van der Waals surface area contributed by atoms with Crippen molar-refractivity contribution in [3.05, 3.63) is 111 Å². The highest BCUT2D eigenvalue weighted by atomic mass is 16.6. The van der Waals surface area contributed by atoms with Gasteiger partial charge in [0.05, 0.1) is 10.5 Å². The number of hydrogen-bond acceptors (Lipinski definition) is 6. The Kier molecular flexibility index (Phi) is 5.58. The number of aromatic nitrogens is 3. The van der Waals surface area contributed by atoms with Crippen LogP contribution in [-0.4, -0.2) is 25.6 Å². The van der Waals surface area contributed by atoms with E-state index >= 15 is 0 Å². The highest BCUT2D eigenvalue weighted by molar-refractivity contribution is 6.06. The van der Waals surface area contributed by atoms with E-state index in [4.69, 9.17) is 5.10 Å². The molecule has 5 rings (SSSR count). The SMILES string of the molecule is CC1=C(C(=O)Nc2ccccc2)C(c2ccc([N+](=O)[O-])cc2)n2nc(-c3ccc(C)cc3)nc2N1. The van der Waals surface area contributed by atoms with Gasteiger partial charge in [-0.3, -0.25) is 14.9 Å². The van der Waals surface area contributed by atoms with Crippen LogP contribution in [0.5, 0.6) is 0 Å². The Bertz CT molecular complexity index is 1440. The first-order chi connectivity index (χ1) is 16.9. The monoisotopic (exact) mass is 466 g/mol. The Morgan fingerprint density at radius 2 is 1.69 bits per heavy atom. The summed E-state index contributed by atoms with van der Waals surface area (Å²) < 4.78 is 1.66. The van der Waals surface area contributed by atoms with Crippen molar-refractivity contribution in [3.8, 4) is 11.4 Å². The summed E-state index contributed by atoms with van der Waals surface area (Å²) in [6.45, 7) is 3.81. The number of aryl methyl sites for hydroxylation is 1. The van der Waals surface area contributed by atoms with Gasteiger partial charge in [0.15, 0.2) is 5.82 Å². The Labute approximate surface area is 201 Å². The number of carbonyl (C=O) groups is 1. The number of para-hydroxylation sites is 1. The summed E-state index contributed by atoms with van der Waals surface area (Å²) in [5.41, 5.74) is 4.33. The Hall–Kier alpha value is -4.79. The zero-order valence-corrected chi connectivity index (χ0v) is 19.1. The lowest BCUT2D eigenvalue weighted by molar-refractivity contribution is -0.384. The molecular weight excluding hydrogens is 444 g/mol. The molecule has 9 heteroatoms. The van der Waals surface area contributed by atoms with Crippen LogP contribution in [0.25, 0.3) is 11.4 Å². The van der Waals surface area contributed by atoms with E-state index in [1.54, 1.807) is 28.9 Å². The average Bonchev–Trinajstić information content (AvgIpc) is 3.27. The number of non-ortho nitro benzene ring substituents is 1. The summed E-state index contributed by atoms with van der Waals surface area (Å²) >= 11 is 0. The maximum atomic E-state index is 13.5. The topological polar surface area (TPSA) is 115 Å². The number of fused-ring (bicyclic) bond motifs is 1. The minimum atomic E-state index is -0.637. The Morgan fingerprint density at radius 3 is 2.34 bits per heavy atom. The molecule has 1 unspecified atom stereocenters. The molecule has 2 N–H and O–H groups in total. The Morgan fingerprint density at radius 1 is 1.00 bits per heavy atom. The fraction of sp³-hybridized carbons (Fsp3) is 0.115. The van der Waals surface area contributed by atoms with Crippen LogP contribution in [-0.2, 0) is 4.79 Å². The van der Waals surface area contributed by atoms with Crippen molar-refractivity contribution in [1.29, 1.82) is 0 Å². The van der Waals surface area contributed by atoms with Gasteiger partial charge in [0.1, 0.15) is 6.04 Å². The average molecular weight is 467 g/mol. The van der Waals surface area contributed by atoms with Gasteiger partial charge in [0.2, 0.25) is 5.95 Å². The largest absolute Gasteiger partial charge is 0.328 e. The number of anilines is 2. The smallest absolute Gasteiger partial charge is 0.269 e.